The third kappa shape index (κ3) is 6.99. The van der Waals surface area contributed by atoms with Crippen molar-refractivity contribution in [1.29, 1.82) is 0 Å². The summed E-state index contributed by atoms with van der Waals surface area (Å²) in [5.41, 5.74) is 0. The van der Waals surface area contributed by atoms with Gasteiger partial charge >= 0.3 is 0 Å². The zero-order chi connectivity index (χ0) is 12.5. The van der Waals surface area contributed by atoms with Gasteiger partial charge in [0.05, 0.1) is 25.9 Å². The summed E-state index contributed by atoms with van der Waals surface area (Å²) in [4.78, 5) is 2.22. The fraction of sp³-hybridized carbons (Fsp3) is 1.00. The zero-order valence-electron chi connectivity index (χ0n) is 11.2. The maximum atomic E-state index is 9.79. The van der Waals surface area contributed by atoms with E-state index < -0.39 is 6.10 Å². The second-order valence-corrected chi connectivity index (χ2v) is 5.09. The third-order valence-corrected chi connectivity index (χ3v) is 3.31. The lowest BCUT2D eigenvalue weighted by Crippen LogP contribution is -2.35. The molecule has 0 radical (unpaired) electrons. The molecule has 1 rings (SSSR count). The molecule has 102 valence electrons. The van der Waals surface area contributed by atoms with Crippen molar-refractivity contribution in [2.45, 2.75) is 31.8 Å². The van der Waals surface area contributed by atoms with E-state index in [0.717, 1.165) is 12.5 Å². The number of hydrogen-bond donors (Lipinski definition) is 1. The number of nitrogens with zero attached hydrogens (tertiary/aromatic N) is 1. The van der Waals surface area contributed by atoms with Crippen LogP contribution in [-0.2, 0) is 9.47 Å². The van der Waals surface area contributed by atoms with Gasteiger partial charge in [-0.05, 0) is 25.8 Å². The van der Waals surface area contributed by atoms with Crippen LogP contribution >= 0.6 is 0 Å². The molecule has 1 aliphatic rings. The summed E-state index contributed by atoms with van der Waals surface area (Å²) in [6.45, 7) is 3.35. The number of rotatable bonds is 9. The molecular weight excluding hydrogens is 218 g/mol. The van der Waals surface area contributed by atoms with Gasteiger partial charge in [0.25, 0.3) is 0 Å². The van der Waals surface area contributed by atoms with Crippen molar-refractivity contribution in [2.75, 3.05) is 47.1 Å². The topological polar surface area (TPSA) is 41.9 Å². The van der Waals surface area contributed by atoms with E-state index in [9.17, 15) is 5.11 Å². The minimum absolute atomic E-state index is 0.391. The van der Waals surface area contributed by atoms with Gasteiger partial charge in [-0.1, -0.05) is 12.8 Å². The van der Waals surface area contributed by atoms with Crippen LogP contribution in [0.15, 0.2) is 0 Å². The molecular formula is C13H27NO3. The Hall–Kier alpha value is -0.160. The lowest BCUT2D eigenvalue weighted by atomic mass is 10.1. The van der Waals surface area contributed by atoms with E-state index in [1.165, 1.54) is 25.7 Å². The van der Waals surface area contributed by atoms with Gasteiger partial charge < -0.3 is 19.5 Å². The van der Waals surface area contributed by atoms with Crippen molar-refractivity contribution in [3.63, 3.8) is 0 Å². The average Bonchev–Trinajstić information content (AvgIpc) is 2.77. The van der Waals surface area contributed by atoms with Crippen LogP contribution in [0.1, 0.15) is 25.7 Å². The molecule has 4 nitrogen and oxygen atoms in total. The van der Waals surface area contributed by atoms with E-state index in [0.29, 0.717) is 26.4 Å². The first-order valence-electron chi connectivity index (χ1n) is 6.65. The van der Waals surface area contributed by atoms with Crippen molar-refractivity contribution in [3.05, 3.63) is 0 Å². The highest BCUT2D eigenvalue weighted by atomic mass is 16.5. The molecule has 1 unspecified atom stereocenters. The Morgan fingerprint density at radius 2 is 2.00 bits per heavy atom. The van der Waals surface area contributed by atoms with Gasteiger partial charge in [0.2, 0.25) is 0 Å². The summed E-state index contributed by atoms with van der Waals surface area (Å²) in [5, 5.41) is 9.79. The summed E-state index contributed by atoms with van der Waals surface area (Å²) in [6, 6.07) is 0. The van der Waals surface area contributed by atoms with E-state index in [1.54, 1.807) is 7.11 Å². The summed E-state index contributed by atoms with van der Waals surface area (Å²) < 4.78 is 10.2. The van der Waals surface area contributed by atoms with Crippen LogP contribution in [0.5, 0.6) is 0 Å². The van der Waals surface area contributed by atoms with E-state index in [1.807, 2.05) is 0 Å². The number of hydrogen-bond acceptors (Lipinski definition) is 4. The maximum Gasteiger partial charge on any atom is 0.0900 e. The molecule has 0 heterocycles. The van der Waals surface area contributed by atoms with Crippen molar-refractivity contribution in [1.82, 2.24) is 4.90 Å². The number of methoxy groups -OCH3 is 1. The van der Waals surface area contributed by atoms with E-state index in [2.05, 4.69) is 11.9 Å². The Morgan fingerprint density at radius 1 is 1.29 bits per heavy atom. The molecule has 0 aromatic heterocycles. The Labute approximate surface area is 105 Å². The van der Waals surface area contributed by atoms with E-state index >= 15 is 0 Å². The molecule has 17 heavy (non-hydrogen) atoms. The average molecular weight is 245 g/mol. The smallest absolute Gasteiger partial charge is 0.0900 e. The number of ether oxygens (including phenoxy) is 2. The second-order valence-electron chi connectivity index (χ2n) is 5.09. The van der Waals surface area contributed by atoms with Gasteiger partial charge in [-0.25, -0.2) is 0 Å². The standard InChI is InChI=1S/C13H27NO3/c1-14(9-12-5-3-4-6-12)10-13(15)11-17-8-7-16-2/h12-13,15H,3-11H2,1-2H3. The summed E-state index contributed by atoms with van der Waals surface area (Å²) >= 11 is 0. The summed E-state index contributed by atoms with van der Waals surface area (Å²) in [5.74, 6) is 0.835. The Kier molecular flexibility index (Phi) is 7.77. The molecule has 0 aromatic rings. The van der Waals surface area contributed by atoms with Crippen molar-refractivity contribution >= 4 is 0 Å². The molecule has 4 heteroatoms. The lowest BCUT2D eigenvalue weighted by Gasteiger charge is -2.23. The van der Waals surface area contributed by atoms with Crippen molar-refractivity contribution in [3.8, 4) is 0 Å². The Morgan fingerprint density at radius 3 is 2.65 bits per heavy atom. The fourth-order valence-corrected chi connectivity index (χ4v) is 2.48. The van der Waals surface area contributed by atoms with E-state index in [-0.39, 0.29) is 0 Å². The van der Waals surface area contributed by atoms with Gasteiger partial charge in [-0.2, -0.15) is 0 Å². The van der Waals surface area contributed by atoms with Gasteiger partial charge in [-0.15, -0.1) is 0 Å². The third-order valence-electron chi connectivity index (χ3n) is 3.31. The first-order chi connectivity index (χ1) is 8.22. The zero-order valence-corrected chi connectivity index (χ0v) is 11.2. The van der Waals surface area contributed by atoms with Crippen LogP contribution in [0, 0.1) is 5.92 Å². The minimum atomic E-state index is -0.391. The SMILES string of the molecule is COCCOCC(O)CN(C)CC1CCCC1. The first kappa shape index (κ1) is 14.9. The predicted octanol–water partition coefficient (Wildman–Crippen LogP) is 1.13. The predicted molar refractivity (Wildman–Crippen MR) is 68.2 cm³/mol. The lowest BCUT2D eigenvalue weighted by molar-refractivity contribution is 0.00108. The summed E-state index contributed by atoms with van der Waals surface area (Å²) in [7, 11) is 3.73. The fourth-order valence-electron chi connectivity index (χ4n) is 2.48. The van der Waals surface area contributed by atoms with Crippen molar-refractivity contribution in [2.24, 2.45) is 5.92 Å². The molecule has 0 saturated heterocycles. The highest BCUT2D eigenvalue weighted by molar-refractivity contribution is 4.71. The Balaban J connectivity index is 2.01. The molecule has 0 amide bonds. The quantitative estimate of drug-likeness (QED) is 0.618. The van der Waals surface area contributed by atoms with Crippen molar-refractivity contribution < 1.29 is 14.6 Å². The van der Waals surface area contributed by atoms with Crippen LogP contribution in [0.25, 0.3) is 0 Å². The van der Waals surface area contributed by atoms with Crippen LogP contribution in [0.4, 0.5) is 0 Å². The highest BCUT2D eigenvalue weighted by Crippen LogP contribution is 2.25. The van der Waals surface area contributed by atoms with Crippen LogP contribution in [0.3, 0.4) is 0 Å². The van der Waals surface area contributed by atoms with Gasteiger partial charge in [0, 0.05) is 20.2 Å². The van der Waals surface area contributed by atoms with Crippen LogP contribution in [-0.4, -0.2) is 63.2 Å². The first-order valence-corrected chi connectivity index (χ1v) is 6.65. The minimum Gasteiger partial charge on any atom is -0.389 e. The molecule has 0 spiro atoms. The molecule has 0 aliphatic heterocycles. The Bertz CT molecular complexity index is 184. The monoisotopic (exact) mass is 245 g/mol. The molecule has 0 bridgehead atoms. The molecule has 1 N–H and O–H groups in total. The van der Waals surface area contributed by atoms with E-state index in [4.69, 9.17) is 9.47 Å². The molecule has 1 atom stereocenters. The molecule has 1 aliphatic carbocycles. The molecule has 1 fully saturated rings. The maximum absolute atomic E-state index is 9.79. The van der Waals surface area contributed by atoms with Crippen LogP contribution < -0.4 is 0 Å². The van der Waals surface area contributed by atoms with Crippen LogP contribution in [0.2, 0.25) is 0 Å². The number of aliphatic hydroxyl groups excluding tert-OH is 1. The summed E-state index contributed by atoms with van der Waals surface area (Å²) in [6.07, 6.45) is 5.07. The second kappa shape index (κ2) is 8.86. The molecule has 0 aromatic carbocycles. The number of likely N-dealkylation sites (N-methyl/N-ethyl adjacent to an activating group) is 1. The normalized spacial score (nSPS) is 19.1. The van der Waals surface area contributed by atoms with Gasteiger partial charge in [0.1, 0.15) is 0 Å². The highest BCUT2D eigenvalue weighted by Gasteiger charge is 2.18. The van der Waals surface area contributed by atoms with Gasteiger partial charge in [0.15, 0.2) is 0 Å². The largest absolute Gasteiger partial charge is 0.389 e. The van der Waals surface area contributed by atoms with Gasteiger partial charge in [-0.3, -0.25) is 0 Å². The molecule has 1 saturated carbocycles. The number of aliphatic hydroxyl groups is 1.